The minimum atomic E-state index is 0.230. The van der Waals surface area contributed by atoms with Crippen LogP contribution < -0.4 is 5.32 Å². The van der Waals surface area contributed by atoms with Crippen molar-refractivity contribution in [2.24, 2.45) is 5.92 Å². The molecule has 0 aromatic carbocycles. The van der Waals surface area contributed by atoms with E-state index in [0.717, 1.165) is 31.2 Å². The Labute approximate surface area is 114 Å². The zero-order valence-electron chi connectivity index (χ0n) is 12.3. The van der Waals surface area contributed by atoms with Crippen LogP contribution in [0.4, 0.5) is 0 Å². The summed E-state index contributed by atoms with van der Waals surface area (Å²) in [6.07, 6.45) is 1.59. The summed E-state index contributed by atoms with van der Waals surface area (Å²) in [5.74, 6) is 3.09. The van der Waals surface area contributed by atoms with Gasteiger partial charge in [0.25, 0.3) is 0 Å². The van der Waals surface area contributed by atoms with Gasteiger partial charge in [-0.2, -0.15) is 0 Å². The Balaban J connectivity index is 1.96. The van der Waals surface area contributed by atoms with Crippen LogP contribution in [0.5, 0.6) is 0 Å². The third kappa shape index (κ3) is 1.99. The molecule has 3 heterocycles. The van der Waals surface area contributed by atoms with Crippen molar-refractivity contribution in [1.29, 1.82) is 0 Å². The van der Waals surface area contributed by atoms with Gasteiger partial charge >= 0.3 is 0 Å². The molecule has 5 atom stereocenters. The van der Waals surface area contributed by atoms with Gasteiger partial charge < -0.3 is 14.6 Å². The van der Waals surface area contributed by atoms with Crippen molar-refractivity contribution in [1.82, 2.24) is 20.1 Å². The van der Waals surface area contributed by atoms with E-state index in [9.17, 15) is 0 Å². The van der Waals surface area contributed by atoms with Crippen molar-refractivity contribution in [3.63, 3.8) is 0 Å². The van der Waals surface area contributed by atoms with Crippen molar-refractivity contribution in [3.05, 3.63) is 11.6 Å². The zero-order chi connectivity index (χ0) is 13.6. The maximum atomic E-state index is 5.96. The third-order valence-corrected chi connectivity index (χ3v) is 4.79. The summed E-state index contributed by atoms with van der Waals surface area (Å²) in [4.78, 5) is 0. The molecule has 0 spiro atoms. The zero-order valence-corrected chi connectivity index (χ0v) is 12.3. The standard InChI is InChI=1S/C14H24N4O/c1-5-11-13-16-17-14(18(13)7-6-15-11)12-8(2)9(3)19-10(12)4/h8-12,15H,5-7H2,1-4H3. The summed E-state index contributed by atoms with van der Waals surface area (Å²) in [5.41, 5.74) is 0. The number of nitrogens with one attached hydrogen (secondary N) is 1. The van der Waals surface area contributed by atoms with Gasteiger partial charge in [0, 0.05) is 13.1 Å². The Bertz CT molecular complexity index is 458. The first kappa shape index (κ1) is 13.1. The molecule has 0 amide bonds. The molecular formula is C14H24N4O. The van der Waals surface area contributed by atoms with Gasteiger partial charge in [0.05, 0.1) is 24.2 Å². The molecule has 1 aromatic rings. The molecule has 1 N–H and O–H groups in total. The summed E-state index contributed by atoms with van der Waals surface area (Å²) >= 11 is 0. The first-order valence-electron chi connectivity index (χ1n) is 7.45. The topological polar surface area (TPSA) is 52.0 Å². The normalized spacial score (nSPS) is 38.4. The number of aromatic nitrogens is 3. The summed E-state index contributed by atoms with van der Waals surface area (Å²) in [7, 11) is 0. The molecular weight excluding hydrogens is 240 g/mol. The highest BCUT2D eigenvalue weighted by Crippen LogP contribution is 2.39. The Morgan fingerprint density at radius 1 is 1.21 bits per heavy atom. The van der Waals surface area contributed by atoms with E-state index in [-0.39, 0.29) is 6.10 Å². The quantitative estimate of drug-likeness (QED) is 0.886. The van der Waals surface area contributed by atoms with Crippen molar-refractivity contribution in [2.75, 3.05) is 6.54 Å². The monoisotopic (exact) mass is 264 g/mol. The second-order valence-electron chi connectivity index (χ2n) is 5.91. The molecule has 2 aliphatic heterocycles. The molecule has 3 rings (SSSR count). The highest BCUT2D eigenvalue weighted by molar-refractivity contribution is 5.12. The van der Waals surface area contributed by atoms with Crippen LogP contribution in [0.3, 0.4) is 0 Å². The van der Waals surface area contributed by atoms with E-state index in [1.165, 1.54) is 0 Å². The summed E-state index contributed by atoms with van der Waals surface area (Å²) in [5, 5.41) is 12.5. The predicted molar refractivity (Wildman–Crippen MR) is 73.0 cm³/mol. The van der Waals surface area contributed by atoms with Crippen molar-refractivity contribution < 1.29 is 4.74 Å². The highest BCUT2D eigenvalue weighted by atomic mass is 16.5. The largest absolute Gasteiger partial charge is 0.374 e. The molecule has 1 saturated heterocycles. The first-order valence-corrected chi connectivity index (χ1v) is 7.45. The van der Waals surface area contributed by atoms with E-state index >= 15 is 0 Å². The lowest BCUT2D eigenvalue weighted by Gasteiger charge is -2.26. The van der Waals surface area contributed by atoms with Crippen LogP contribution in [0, 0.1) is 5.92 Å². The van der Waals surface area contributed by atoms with Crippen LogP contribution in [-0.2, 0) is 11.3 Å². The molecule has 5 unspecified atom stereocenters. The third-order valence-electron chi connectivity index (χ3n) is 4.79. The fourth-order valence-electron chi connectivity index (χ4n) is 3.54. The van der Waals surface area contributed by atoms with E-state index < -0.39 is 0 Å². The van der Waals surface area contributed by atoms with Gasteiger partial charge in [-0.05, 0) is 26.2 Å². The Morgan fingerprint density at radius 3 is 2.58 bits per heavy atom. The number of rotatable bonds is 2. The minimum absolute atomic E-state index is 0.230. The van der Waals surface area contributed by atoms with Crippen LogP contribution in [0.1, 0.15) is 57.7 Å². The summed E-state index contributed by atoms with van der Waals surface area (Å²) in [6, 6.07) is 0.348. The smallest absolute Gasteiger partial charge is 0.150 e. The molecule has 0 aliphatic carbocycles. The maximum absolute atomic E-state index is 5.96. The molecule has 0 radical (unpaired) electrons. The molecule has 1 fully saturated rings. The van der Waals surface area contributed by atoms with Gasteiger partial charge in [-0.3, -0.25) is 0 Å². The minimum Gasteiger partial charge on any atom is -0.374 e. The number of fused-ring (bicyclic) bond motifs is 1. The maximum Gasteiger partial charge on any atom is 0.150 e. The molecule has 106 valence electrons. The fraction of sp³-hybridized carbons (Fsp3) is 0.857. The van der Waals surface area contributed by atoms with E-state index in [1.807, 2.05) is 0 Å². The molecule has 0 saturated carbocycles. The van der Waals surface area contributed by atoms with Gasteiger partial charge in [0.15, 0.2) is 0 Å². The van der Waals surface area contributed by atoms with Crippen LogP contribution >= 0.6 is 0 Å². The van der Waals surface area contributed by atoms with Crippen molar-refractivity contribution in [2.45, 2.75) is 64.8 Å². The van der Waals surface area contributed by atoms with Crippen LogP contribution in [0.15, 0.2) is 0 Å². The Kier molecular flexibility index (Phi) is 3.35. The Morgan fingerprint density at radius 2 is 1.95 bits per heavy atom. The van der Waals surface area contributed by atoms with Gasteiger partial charge in [-0.1, -0.05) is 13.8 Å². The second-order valence-corrected chi connectivity index (χ2v) is 5.91. The number of hydrogen-bond donors (Lipinski definition) is 1. The lowest BCUT2D eigenvalue weighted by molar-refractivity contribution is 0.0551. The van der Waals surface area contributed by atoms with Gasteiger partial charge in [-0.15, -0.1) is 10.2 Å². The van der Waals surface area contributed by atoms with Gasteiger partial charge in [-0.25, -0.2) is 0 Å². The van der Waals surface area contributed by atoms with Crippen molar-refractivity contribution >= 4 is 0 Å². The average molecular weight is 264 g/mol. The first-order chi connectivity index (χ1) is 9.13. The van der Waals surface area contributed by atoms with E-state index in [4.69, 9.17) is 4.74 Å². The average Bonchev–Trinajstić information content (AvgIpc) is 2.92. The highest BCUT2D eigenvalue weighted by Gasteiger charge is 2.41. The second kappa shape index (κ2) is 4.87. The van der Waals surface area contributed by atoms with Gasteiger partial charge in [0.1, 0.15) is 11.6 Å². The van der Waals surface area contributed by atoms with E-state index in [0.29, 0.717) is 24.0 Å². The lowest BCUT2D eigenvalue weighted by Crippen LogP contribution is -2.35. The number of hydrogen-bond acceptors (Lipinski definition) is 4. The van der Waals surface area contributed by atoms with Crippen molar-refractivity contribution in [3.8, 4) is 0 Å². The fourth-order valence-corrected chi connectivity index (χ4v) is 3.54. The molecule has 2 aliphatic rings. The molecule has 0 bridgehead atoms. The molecule has 5 heteroatoms. The summed E-state index contributed by atoms with van der Waals surface area (Å²) in [6.45, 7) is 10.7. The number of ether oxygens (including phenoxy) is 1. The predicted octanol–water partition coefficient (Wildman–Crippen LogP) is 1.86. The SMILES string of the molecule is CCC1NCCn2c1nnc2C1C(C)OC(C)C1C. The van der Waals surface area contributed by atoms with Crippen LogP contribution in [0.25, 0.3) is 0 Å². The molecule has 5 nitrogen and oxygen atoms in total. The molecule has 1 aromatic heterocycles. The lowest BCUT2D eigenvalue weighted by atomic mass is 9.88. The van der Waals surface area contributed by atoms with Crippen LogP contribution in [-0.4, -0.2) is 33.5 Å². The van der Waals surface area contributed by atoms with E-state index in [1.54, 1.807) is 0 Å². The van der Waals surface area contributed by atoms with Gasteiger partial charge in [0.2, 0.25) is 0 Å². The van der Waals surface area contributed by atoms with Crippen LogP contribution in [0.2, 0.25) is 0 Å². The number of nitrogens with zero attached hydrogens (tertiary/aromatic N) is 3. The van der Waals surface area contributed by atoms with E-state index in [2.05, 4.69) is 47.8 Å². The Hall–Kier alpha value is -0.940. The molecule has 19 heavy (non-hydrogen) atoms. The summed E-state index contributed by atoms with van der Waals surface area (Å²) < 4.78 is 8.28.